The third kappa shape index (κ3) is 1.88. The first-order chi connectivity index (χ1) is 8.81. The Morgan fingerprint density at radius 1 is 1.33 bits per heavy atom. The number of hydrogen-bond donors (Lipinski definition) is 1. The van der Waals surface area contributed by atoms with Gasteiger partial charge in [-0.1, -0.05) is 26.2 Å². The van der Waals surface area contributed by atoms with Gasteiger partial charge in [0.1, 0.15) is 5.69 Å². The summed E-state index contributed by atoms with van der Waals surface area (Å²) < 4.78 is 2.09. The Morgan fingerprint density at radius 3 is 2.83 bits per heavy atom. The SMILES string of the molecule is CCCc1nn(C)c2c1NCCN2C1CCCC1. The van der Waals surface area contributed by atoms with E-state index in [9.17, 15) is 0 Å². The van der Waals surface area contributed by atoms with E-state index in [-0.39, 0.29) is 0 Å². The van der Waals surface area contributed by atoms with Gasteiger partial charge < -0.3 is 10.2 Å². The molecule has 0 atom stereocenters. The summed E-state index contributed by atoms with van der Waals surface area (Å²) in [5, 5.41) is 8.28. The van der Waals surface area contributed by atoms with Crippen LogP contribution in [-0.4, -0.2) is 28.9 Å². The van der Waals surface area contributed by atoms with E-state index in [1.807, 2.05) is 0 Å². The van der Waals surface area contributed by atoms with Gasteiger partial charge in [-0.25, -0.2) is 0 Å². The lowest BCUT2D eigenvalue weighted by molar-refractivity contribution is 0.580. The zero-order valence-corrected chi connectivity index (χ0v) is 11.6. The number of aromatic nitrogens is 2. The third-order valence-corrected chi connectivity index (χ3v) is 4.27. The molecule has 0 amide bonds. The van der Waals surface area contributed by atoms with Crippen molar-refractivity contribution in [1.82, 2.24) is 9.78 Å². The molecule has 100 valence electrons. The lowest BCUT2D eigenvalue weighted by atomic mass is 10.1. The van der Waals surface area contributed by atoms with Crippen LogP contribution in [0.4, 0.5) is 11.5 Å². The normalized spacial score (nSPS) is 20.0. The molecule has 0 saturated heterocycles. The van der Waals surface area contributed by atoms with Gasteiger partial charge in [-0.15, -0.1) is 0 Å². The van der Waals surface area contributed by atoms with E-state index in [1.165, 1.54) is 42.9 Å². The molecular weight excluding hydrogens is 224 g/mol. The minimum atomic E-state index is 0.746. The summed E-state index contributed by atoms with van der Waals surface area (Å²) in [6.45, 7) is 4.41. The minimum Gasteiger partial charge on any atom is -0.379 e. The van der Waals surface area contributed by atoms with E-state index in [0.29, 0.717) is 0 Å². The number of nitrogens with zero attached hydrogens (tertiary/aromatic N) is 3. The number of nitrogens with one attached hydrogen (secondary N) is 1. The predicted molar refractivity (Wildman–Crippen MR) is 75.3 cm³/mol. The molecular formula is C14H24N4. The average Bonchev–Trinajstić information content (AvgIpc) is 2.99. The second kappa shape index (κ2) is 4.82. The first-order valence-corrected chi connectivity index (χ1v) is 7.37. The van der Waals surface area contributed by atoms with Crippen LogP contribution in [0.3, 0.4) is 0 Å². The standard InChI is InChI=1S/C14H24N4/c1-3-6-12-13-14(17(2)16-12)18(10-9-15-13)11-7-4-5-8-11/h11,15H,3-10H2,1-2H3. The first kappa shape index (κ1) is 11.9. The largest absolute Gasteiger partial charge is 0.379 e. The zero-order chi connectivity index (χ0) is 12.5. The molecule has 1 saturated carbocycles. The lowest BCUT2D eigenvalue weighted by Gasteiger charge is -2.35. The van der Waals surface area contributed by atoms with Crippen molar-refractivity contribution >= 4 is 11.5 Å². The molecule has 1 aliphatic carbocycles. The number of rotatable bonds is 3. The maximum atomic E-state index is 4.72. The van der Waals surface area contributed by atoms with Crippen molar-refractivity contribution in [2.75, 3.05) is 23.3 Å². The van der Waals surface area contributed by atoms with Crippen LogP contribution in [0, 0.1) is 0 Å². The second-order valence-electron chi connectivity index (χ2n) is 5.58. The Kier molecular flexibility index (Phi) is 3.18. The van der Waals surface area contributed by atoms with Crippen molar-refractivity contribution < 1.29 is 0 Å². The van der Waals surface area contributed by atoms with E-state index in [2.05, 4.69) is 28.9 Å². The fourth-order valence-electron chi connectivity index (χ4n) is 3.47. The van der Waals surface area contributed by atoms with Crippen molar-refractivity contribution in [3.05, 3.63) is 5.69 Å². The molecule has 0 aromatic carbocycles. The maximum absolute atomic E-state index is 4.72. The van der Waals surface area contributed by atoms with E-state index < -0.39 is 0 Å². The van der Waals surface area contributed by atoms with Gasteiger partial charge in [0.25, 0.3) is 0 Å². The van der Waals surface area contributed by atoms with Crippen molar-refractivity contribution in [3.63, 3.8) is 0 Å². The molecule has 1 aromatic heterocycles. The Labute approximate surface area is 109 Å². The summed E-state index contributed by atoms with van der Waals surface area (Å²) in [5.74, 6) is 1.33. The highest BCUT2D eigenvalue weighted by atomic mass is 15.4. The van der Waals surface area contributed by atoms with Crippen LogP contribution in [-0.2, 0) is 13.5 Å². The quantitative estimate of drug-likeness (QED) is 0.892. The Morgan fingerprint density at radius 2 is 2.11 bits per heavy atom. The average molecular weight is 248 g/mol. The van der Waals surface area contributed by atoms with Crippen LogP contribution in [0.5, 0.6) is 0 Å². The van der Waals surface area contributed by atoms with Crippen molar-refractivity contribution in [1.29, 1.82) is 0 Å². The Hall–Kier alpha value is -1.19. The number of aryl methyl sites for hydroxylation is 2. The molecule has 4 heteroatoms. The zero-order valence-electron chi connectivity index (χ0n) is 11.6. The van der Waals surface area contributed by atoms with Crippen molar-refractivity contribution in [3.8, 4) is 0 Å². The summed E-state index contributed by atoms with van der Waals surface area (Å²) in [4.78, 5) is 2.60. The van der Waals surface area contributed by atoms with Gasteiger partial charge in [0.15, 0.2) is 5.82 Å². The van der Waals surface area contributed by atoms with Gasteiger partial charge in [-0.05, 0) is 19.3 Å². The lowest BCUT2D eigenvalue weighted by Crippen LogP contribution is -2.41. The van der Waals surface area contributed by atoms with Crippen molar-refractivity contribution in [2.24, 2.45) is 7.05 Å². The molecule has 2 aliphatic rings. The molecule has 0 bridgehead atoms. The molecule has 1 N–H and O–H groups in total. The maximum Gasteiger partial charge on any atom is 0.150 e. The first-order valence-electron chi connectivity index (χ1n) is 7.37. The van der Waals surface area contributed by atoms with Crippen LogP contribution >= 0.6 is 0 Å². The fraction of sp³-hybridized carbons (Fsp3) is 0.786. The highest BCUT2D eigenvalue weighted by Crippen LogP contribution is 2.37. The molecule has 1 aliphatic heterocycles. The summed E-state index contributed by atoms with van der Waals surface area (Å²) in [5.41, 5.74) is 2.55. The van der Waals surface area contributed by atoms with Crippen LogP contribution in [0.1, 0.15) is 44.7 Å². The number of hydrogen-bond acceptors (Lipinski definition) is 3. The van der Waals surface area contributed by atoms with E-state index in [0.717, 1.165) is 32.0 Å². The molecule has 1 fully saturated rings. The second-order valence-corrected chi connectivity index (χ2v) is 5.58. The third-order valence-electron chi connectivity index (χ3n) is 4.27. The van der Waals surface area contributed by atoms with Gasteiger partial charge in [0, 0.05) is 26.2 Å². The monoisotopic (exact) mass is 248 g/mol. The molecule has 18 heavy (non-hydrogen) atoms. The van der Waals surface area contributed by atoms with Gasteiger partial charge in [0.2, 0.25) is 0 Å². The van der Waals surface area contributed by atoms with Gasteiger partial charge in [-0.2, -0.15) is 5.10 Å². The summed E-state index contributed by atoms with van der Waals surface area (Å²) in [6.07, 6.45) is 7.73. The fourth-order valence-corrected chi connectivity index (χ4v) is 3.47. The Balaban J connectivity index is 1.94. The van der Waals surface area contributed by atoms with Crippen LogP contribution in [0.2, 0.25) is 0 Å². The molecule has 0 unspecified atom stereocenters. The molecule has 2 heterocycles. The predicted octanol–water partition coefficient (Wildman–Crippen LogP) is 2.55. The van der Waals surface area contributed by atoms with Gasteiger partial charge >= 0.3 is 0 Å². The van der Waals surface area contributed by atoms with E-state index in [1.54, 1.807) is 0 Å². The minimum absolute atomic E-state index is 0.746. The van der Waals surface area contributed by atoms with Crippen LogP contribution in [0.15, 0.2) is 0 Å². The summed E-state index contributed by atoms with van der Waals surface area (Å²) in [7, 11) is 2.09. The smallest absolute Gasteiger partial charge is 0.150 e. The van der Waals surface area contributed by atoms with E-state index >= 15 is 0 Å². The topological polar surface area (TPSA) is 33.1 Å². The van der Waals surface area contributed by atoms with E-state index in [4.69, 9.17) is 5.10 Å². The number of anilines is 2. The highest BCUT2D eigenvalue weighted by molar-refractivity contribution is 5.72. The highest BCUT2D eigenvalue weighted by Gasteiger charge is 2.30. The molecule has 4 nitrogen and oxygen atoms in total. The Bertz CT molecular complexity index is 418. The van der Waals surface area contributed by atoms with Gasteiger partial charge in [0.05, 0.1) is 5.69 Å². The summed E-state index contributed by atoms with van der Waals surface area (Å²) >= 11 is 0. The molecule has 1 aromatic rings. The number of fused-ring (bicyclic) bond motifs is 1. The van der Waals surface area contributed by atoms with Crippen LogP contribution in [0.25, 0.3) is 0 Å². The van der Waals surface area contributed by atoms with Crippen LogP contribution < -0.4 is 10.2 Å². The van der Waals surface area contributed by atoms with Gasteiger partial charge in [-0.3, -0.25) is 4.68 Å². The molecule has 0 spiro atoms. The molecule has 3 rings (SSSR count). The van der Waals surface area contributed by atoms with Crippen molar-refractivity contribution in [2.45, 2.75) is 51.5 Å². The molecule has 0 radical (unpaired) electrons. The summed E-state index contributed by atoms with van der Waals surface area (Å²) in [6, 6.07) is 0.746.